The third kappa shape index (κ3) is 4.12. The molecule has 1 atom stereocenters. The molecule has 0 fully saturated rings. The molecule has 0 N–H and O–H groups in total. The minimum absolute atomic E-state index is 0.123. The number of pyridine rings is 1. The Morgan fingerprint density at radius 3 is 2.77 bits per heavy atom. The molecule has 0 radical (unpaired) electrons. The number of aryl methyl sites for hydroxylation is 1. The largest absolute Gasteiger partial charge is 0.490 e. The minimum Gasteiger partial charge on any atom is -0.490 e. The lowest BCUT2D eigenvalue weighted by Crippen LogP contribution is -2.39. The molecule has 0 saturated heterocycles. The van der Waals surface area contributed by atoms with Gasteiger partial charge in [-0.15, -0.1) is 0 Å². The van der Waals surface area contributed by atoms with Gasteiger partial charge in [-0.3, -0.25) is 4.79 Å². The highest BCUT2D eigenvalue weighted by Crippen LogP contribution is 2.33. The van der Waals surface area contributed by atoms with Crippen molar-refractivity contribution in [3.8, 4) is 23.1 Å². The number of benzene rings is 2. The predicted molar refractivity (Wildman–Crippen MR) is 113 cm³/mol. The standard InChI is InChI=1S/C24H22N2O5/c1-16-7-9-20-23(25-16)31-19(14-28-18-5-3-2-4-6-18)13-26(24(20)27)12-17-8-10-21-22(11-17)30-15-29-21/h2-11,19H,12-15H2,1H3/t19-/m0/s1. The van der Waals surface area contributed by atoms with E-state index in [4.69, 9.17) is 18.9 Å². The Labute approximate surface area is 180 Å². The molecule has 2 aromatic carbocycles. The van der Waals surface area contributed by atoms with E-state index in [1.807, 2.05) is 61.5 Å². The molecule has 158 valence electrons. The summed E-state index contributed by atoms with van der Waals surface area (Å²) in [4.78, 5) is 19.5. The van der Waals surface area contributed by atoms with Crippen LogP contribution in [0.3, 0.4) is 0 Å². The maximum absolute atomic E-state index is 13.3. The molecule has 0 saturated carbocycles. The fraction of sp³-hybridized carbons (Fsp3) is 0.250. The first-order valence-electron chi connectivity index (χ1n) is 10.2. The summed E-state index contributed by atoms with van der Waals surface area (Å²) < 4.78 is 22.9. The first-order chi connectivity index (χ1) is 15.2. The van der Waals surface area contributed by atoms with Gasteiger partial charge in [0, 0.05) is 12.2 Å². The van der Waals surface area contributed by atoms with Crippen LogP contribution in [0.2, 0.25) is 0 Å². The zero-order chi connectivity index (χ0) is 21.2. The van der Waals surface area contributed by atoms with Crippen LogP contribution in [0.5, 0.6) is 23.1 Å². The van der Waals surface area contributed by atoms with Gasteiger partial charge in [0.15, 0.2) is 17.6 Å². The van der Waals surface area contributed by atoms with E-state index in [2.05, 4.69) is 4.98 Å². The van der Waals surface area contributed by atoms with Crippen molar-refractivity contribution in [1.29, 1.82) is 0 Å². The number of carbonyl (C=O) groups is 1. The van der Waals surface area contributed by atoms with Crippen LogP contribution in [0, 0.1) is 6.92 Å². The summed E-state index contributed by atoms with van der Waals surface area (Å²) in [5.74, 6) is 2.38. The van der Waals surface area contributed by atoms with Crippen molar-refractivity contribution in [2.45, 2.75) is 19.6 Å². The number of fused-ring (bicyclic) bond motifs is 2. The number of rotatable bonds is 5. The SMILES string of the molecule is Cc1ccc2c(n1)O[C@H](COc1ccccc1)CN(Cc1ccc3c(c1)OCO3)C2=O. The monoisotopic (exact) mass is 418 g/mol. The highest BCUT2D eigenvalue weighted by molar-refractivity contribution is 5.96. The van der Waals surface area contributed by atoms with E-state index in [0.29, 0.717) is 42.6 Å². The average molecular weight is 418 g/mol. The number of aromatic nitrogens is 1. The number of amides is 1. The first-order valence-corrected chi connectivity index (χ1v) is 10.2. The van der Waals surface area contributed by atoms with Crippen molar-refractivity contribution in [2.24, 2.45) is 0 Å². The number of carbonyl (C=O) groups excluding carboxylic acids is 1. The van der Waals surface area contributed by atoms with Crippen molar-refractivity contribution in [1.82, 2.24) is 9.88 Å². The van der Waals surface area contributed by atoms with Gasteiger partial charge in [-0.2, -0.15) is 0 Å². The Morgan fingerprint density at radius 2 is 1.90 bits per heavy atom. The fourth-order valence-electron chi connectivity index (χ4n) is 3.67. The summed E-state index contributed by atoms with van der Waals surface area (Å²) in [6, 6.07) is 18.9. The van der Waals surface area contributed by atoms with E-state index < -0.39 is 0 Å². The van der Waals surface area contributed by atoms with Crippen LogP contribution < -0.4 is 18.9 Å². The van der Waals surface area contributed by atoms with Crippen molar-refractivity contribution >= 4 is 5.91 Å². The second-order valence-corrected chi connectivity index (χ2v) is 7.54. The maximum Gasteiger partial charge on any atom is 0.259 e. The molecular formula is C24H22N2O5. The Kier molecular flexibility index (Phi) is 5.08. The zero-order valence-corrected chi connectivity index (χ0v) is 17.1. The van der Waals surface area contributed by atoms with Gasteiger partial charge in [0.25, 0.3) is 5.91 Å². The molecule has 0 unspecified atom stereocenters. The van der Waals surface area contributed by atoms with Gasteiger partial charge in [-0.1, -0.05) is 24.3 Å². The summed E-state index contributed by atoms with van der Waals surface area (Å²) in [5.41, 5.74) is 2.19. The van der Waals surface area contributed by atoms with Crippen LogP contribution >= 0.6 is 0 Å². The van der Waals surface area contributed by atoms with Crippen molar-refractivity contribution in [3.63, 3.8) is 0 Å². The molecule has 3 aromatic rings. The van der Waals surface area contributed by atoms with Crippen LogP contribution in [-0.4, -0.2) is 41.8 Å². The third-order valence-corrected chi connectivity index (χ3v) is 5.21. The highest BCUT2D eigenvalue weighted by atomic mass is 16.7. The number of ether oxygens (including phenoxy) is 4. The second-order valence-electron chi connectivity index (χ2n) is 7.54. The molecule has 3 heterocycles. The summed E-state index contributed by atoms with van der Waals surface area (Å²) in [7, 11) is 0. The lowest BCUT2D eigenvalue weighted by Gasteiger charge is -2.24. The van der Waals surface area contributed by atoms with Crippen LogP contribution in [-0.2, 0) is 6.54 Å². The molecule has 2 aliphatic heterocycles. The smallest absolute Gasteiger partial charge is 0.259 e. The molecule has 0 spiro atoms. The average Bonchev–Trinajstić information content (AvgIpc) is 3.20. The molecular weight excluding hydrogens is 396 g/mol. The zero-order valence-electron chi connectivity index (χ0n) is 17.1. The maximum atomic E-state index is 13.3. The van der Waals surface area contributed by atoms with E-state index in [-0.39, 0.29) is 18.8 Å². The van der Waals surface area contributed by atoms with Gasteiger partial charge in [0.1, 0.15) is 17.9 Å². The predicted octanol–water partition coefficient (Wildman–Crippen LogP) is 3.60. The van der Waals surface area contributed by atoms with Gasteiger partial charge < -0.3 is 23.8 Å². The Balaban J connectivity index is 1.40. The lowest BCUT2D eigenvalue weighted by atomic mass is 10.1. The van der Waals surface area contributed by atoms with Crippen LogP contribution in [0.1, 0.15) is 21.6 Å². The second kappa shape index (κ2) is 8.18. The number of hydrogen-bond acceptors (Lipinski definition) is 6. The lowest BCUT2D eigenvalue weighted by molar-refractivity contribution is 0.0626. The van der Waals surface area contributed by atoms with Crippen molar-refractivity contribution < 1.29 is 23.7 Å². The van der Waals surface area contributed by atoms with E-state index in [1.165, 1.54) is 0 Å². The van der Waals surface area contributed by atoms with E-state index in [1.54, 1.807) is 11.0 Å². The molecule has 31 heavy (non-hydrogen) atoms. The molecule has 1 amide bonds. The molecule has 1 aromatic heterocycles. The minimum atomic E-state index is -0.367. The Hall–Kier alpha value is -3.74. The molecule has 2 aliphatic rings. The fourth-order valence-corrected chi connectivity index (χ4v) is 3.67. The Morgan fingerprint density at radius 1 is 1.06 bits per heavy atom. The third-order valence-electron chi connectivity index (χ3n) is 5.21. The van der Waals surface area contributed by atoms with E-state index in [0.717, 1.165) is 17.0 Å². The summed E-state index contributed by atoms with van der Waals surface area (Å²) in [5, 5.41) is 0. The topological polar surface area (TPSA) is 70.1 Å². The van der Waals surface area contributed by atoms with Gasteiger partial charge in [-0.05, 0) is 48.9 Å². The Bertz CT molecular complexity index is 1100. The number of nitrogens with zero attached hydrogens (tertiary/aromatic N) is 2. The summed E-state index contributed by atoms with van der Waals surface area (Å²) in [6.07, 6.45) is -0.367. The van der Waals surface area contributed by atoms with Crippen LogP contribution in [0.25, 0.3) is 0 Å². The molecule has 0 bridgehead atoms. The summed E-state index contributed by atoms with van der Waals surface area (Å²) >= 11 is 0. The normalized spacial score (nSPS) is 17.0. The molecule has 7 heteroatoms. The highest BCUT2D eigenvalue weighted by Gasteiger charge is 2.31. The van der Waals surface area contributed by atoms with Crippen LogP contribution in [0.15, 0.2) is 60.7 Å². The van der Waals surface area contributed by atoms with Crippen molar-refractivity contribution in [2.75, 3.05) is 19.9 Å². The van der Waals surface area contributed by atoms with Crippen LogP contribution in [0.4, 0.5) is 0 Å². The molecule has 0 aliphatic carbocycles. The molecule has 7 nitrogen and oxygen atoms in total. The number of hydrogen-bond donors (Lipinski definition) is 0. The van der Waals surface area contributed by atoms with E-state index >= 15 is 0 Å². The first kappa shape index (κ1) is 19.2. The van der Waals surface area contributed by atoms with E-state index in [9.17, 15) is 4.79 Å². The number of para-hydroxylation sites is 1. The quantitative estimate of drug-likeness (QED) is 0.631. The van der Waals surface area contributed by atoms with Gasteiger partial charge in [0.05, 0.1) is 6.54 Å². The van der Waals surface area contributed by atoms with Gasteiger partial charge in [-0.25, -0.2) is 4.98 Å². The van der Waals surface area contributed by atoms with Crippen molar-refractivity contribution in [3.05, 3.63) is 77.5 Å². The summed E-state index contributed by atoms with van der Waals surface area (Å²) in [6.45, 7) is 3.17. The molecule has 5 rings (SSSR count). The van der Waals surface area contributed by atoms with Gasteiger partial charge in [0.2, 0.25) is 12.7 Å². The van der Waals surface area contributed by atoms with Gasteiger partial charge >= 0.3 is 0 Å².